The van der Waals surface area contributed by atoms with Gasteiger partial charge >= 0.3 is 12.1 Å². The number of rotatable bonds is 6. The highest BCUT2D eigenvalue weighted by molar-refractivity contribution is 5.69. The predicted octanol–water partition coefficient (Wildman–Crippen LogP) is 2.71. The van der Waals surface area contributed by atoms with E-state index in [9.17, 15) is 22.4 Å². The molecule has 0 amide bonds. The van der Waals surface area contributed by atoms with Gasteiger partial charge in [-0.1, -0.05) is 18.2 Å². The summed E-state index contributed by atoms with van der Waals surface area (Å²) in [6, 6.07) is 5.00. The number of nitrogens with zero attached hydrogens (tertiary/aromatic N) is 1. The molecule has 1 aromatic rings. The molecule has 0 bridgehead atoms. The molecule has 1 N–H and O–H groups in total. The normalized spacial score (nSPS) is 13.5. The molecule has 0 radical (unpaired) electrons. The van der Waals surface area contributed by atoms with Gasteiger partial charge in [0.25, 0.3) is 0 Å². The zero-order valence-corrected chi connectivity index (χ0v) is 10.8. The number of carbonyl (C=O) groups is 1. The van der Waals surface area contributed by atoms with Crippen molar-refractivity contribution in [2.24, 2.45) is 0 Å². The van der Waals surface area contributed by atoms with E-state index in [0.29, 0.717) is 0 Å². The van der Waals surface area contributed by atoms with Crippen molar-refractivity contribution in [2.75, 3.05) is 13.1 Å². The summed E-state index contributed by atoms with van der Waals surface area (Å²) < 4.78 is 50.7. The van der Waals surface area contributed by atoms with Crippen LogP contribution >= 0.6 is 0 Å². The minimum Gasteiger partial charge on any atom is -0.480 e. The fourth-order valence-electron chi connectivity index (χ4n) is 1.88. The van der Waals surface area contributed by atoms with E-state index in [0.717, 1.165) is 4.90 Å². The molecule has 1 unspecified atom stereocenters. The lowest BCUT2D eigenvalue weighted by molar-refractivity contribution is -0.157. The molecule has 1 rings (SSSR count). The van der Waals surface area contributed by atoms with Gasteiger partial charge in [0.2, 0.25) is 0 Å². The lowest BCUT2D eigenvalue weighted by Crippen LogP contribution is -2.44. The molecule has 0 heterocycles. The first-order chi connectivity index (χ1) is 9.19. The highest BCUT2D eigenvalue weighted by Crippen LogP contribution is 2.20. The molecule has 0 saturated carbocycles. The number of halogens is 4. The van der Waals surface area contributed by atoms with E-state index in [1.807, 2.05) is 0 Å². The lowest BCUT2D eigenvalue weighted by atomic mass is 10.1. The average molecular weight is 293 g/mol. The van der Waals surface area contributed by atoms with Crippen molar-refractivity contribution in [1.29, 1.82) is 0 Å². The largest absolute Gasteiger partial charge is 0.480 e. The monoisotopic (exact) mass is 293 g/mol. The van der Waals surface area contributed by atoms with E-state index in [1.165, 1.54) is 25.1 Å². The molecule has 3 nitrogen and oxygen atoms in total. The number of carboxylic acid groups (broad SMARTS) is 1. The van der Waals surface area contributed by atoms with Crippen LogP contribution in [0, 0.1) is 5.82 Å². The van der Waals surface area contributed by atoms with Crippen LogP contribution in [0.5, 0.6) is 0 Å². The molecule has 0 fully saturated rings. The minimum atomic E-state index is -4.50. The van der Waals surface area contributed by atoms with Crippen molar-refractivity contribution in [3.63, 3.8) is 0 Å². The van der Waals surface area contributed by atoms with Crippen molar-refractivity contribution < 1.29 is 27.5 Å². The minimum absolute atomic E-state index is 0.00995. The van der Waals surface area contributed by atoms with Gasteiger partial charge in [0, 0.05) is 6.04 Å². The van der Waals surface area contributed by atoms with Crippen LogP contribution in [0.3, 0.4) is 0 Å². The molecular weight excluding hydrogens is 278 g/mol. The summed E-state index contributed by atoms with van der Waals surface area (Å²) in [6.45, 7) is -0.634. The van der Waals surface area contributed by atoms with Crippen molar-refractivity contribution in [1.82, 2.24) is 4.90 Å². The fourth-order valence-corrected chi connectivity index (χ4v) is 1.88. The zero-order valence-electron chi connectivity index (χ0n) is 10.8. The third-order valence-corrected chi connectivity index (χ3v) is 2.82. The summed E-state index contributed by atoms with van der Waals surface area (Å²) >= 11 is 0. The maximum Gasteiger partial charge on any atom is 0.401 e. The second-order valence-electron chi connectivity index (χ2n) is 4.56. The first-order valence-electron chi connectivity index (χ1n) is 5.95. The van der Waals surface area contributed by atoms with Crippen LogP contribution < -0.4 is 0 Å². The van der Waals surface area contributed by atoms with Gasteiger partial charge in [0.15, 0.2) is 0 Å². The maximum absolute atomic E-state index is 13.5. The van der Waals surface area contributed by atoms with Gasteiger partial charge < -0.3 is 5.11 Å². The third-order valence-electron chi connectivity index (χ3n) is 2.82. The molecule has 112 valence electrons. The summed E-state index contributed by atoms with van der Waals surface area (Å²) in [7, 11) is 0. The molecule has 1 atom stereocenters. The first-order valence-corrected chi connectivity index (χ1v) is 5.95. The van der Waals surface area contributed by atoms with Gasteiger partial charge in [-0.15, -0.1) is 0 Å². The van der Waals surface area contributed by atoms with Crippen LogP contribution in [-0.2, 0) is 11.2 Å². The molecule has 0 spiro atoms. The van der Waals surface area contributed by atoms with Gasteiger partial charge in [0.1, 0.15) is 5.82 Å². The second kappa shape index (κ2) is 6.69. The Morgan fingerprint density at radius 1 is 1.35 bits per heavy atom. The topological polar surface area (TPSA) is 40.5 Å². The Morgan fingerprint density at radius 3 is 2.45 bits per heavy atom. The standard InChI is InChI=1S/C13H15F4NO2/c1-9(6-10-4-2-3-5-11(10)14)18(7-12(19)20)8-13(15,16)17/h2-5,9H,6-8H2,1H3,(H,19,20). The molecule has 0 aliphatic carbocycles. The van der Waals surface area contributed by atoms with E-state index in [2.05, 4.69) is 0 Å². The van der Waals surface area contributed by atoms with Crippen LogP contribution in [-0.4, -0.2) is 41.3 Å². The maximum atomic E-state index is 13.5. The Kier molecular flexibility index (Phi) is 5.50. The molecule has 20 heavy (non-hydrogen) atoms. The van der Waals surface area contributed by atoms with Crippen molar-refractivity contribution in [3.05, 3.63) is 35.6 Å². The molecule has 0 aromatic heterocycles. The Balaban J connectivity index is 2.80. The highest BCUT2D eigenvalue weighted by Gasteiger charge is 2.33. The van der Waals surface area contributed by atoms with Crippen LogP contribution in [0.25, 0.3) is 0 Å². The number of benzene rings is 1. The zero-order chi connectivity index (χ0) is 15.3. The van der Waals surface area contributed by atoms with E-state index in [4.69, 9.17) is 5.11 Å². The van der Waals surface area contributed by atoms with Gasteiger partial charge in [-0.25, -0.2) is 4.39 Å². The Labute approximate surface area is 113 Å². The fraction of sp³-hybridized carbons (Fsp3) is 0.462. The van der Waals surface area contributed by atoms with Gasteiger partial charge in [0.05, 0.1) is 13.1 Å². The highest BCUT2D eigenvalue weighted by atomic mass is 19.4. The molecule has 0 aliphatic heterocycles. The summed E-state index contributed by atoms with van der Waals surface area (Å²) in [5.74, 6) is -1.86. The van der Waals surface area contributed by atoms with E-state index in [-0.39, 0.29) is 12.0 Å². The van der Waals surface area contributed by atoms with Crippen molar-refractivity contribution in [3.8, 4) is 0 Å². The van der Waals surface area contributed by atoms with Crippen LogP contribution in [0.1, 0.15) is 12.5 Å². The third kappa shape index (κ3) is 5.56. The number of alkyl halides is 3. The van der Waals surface area contributed by atoms with Crippen molar-refractivity contribution >= 4 is 5.97 Å². The molecule has 7 heteroatoms. The number of aliphatic carboxylic acids is 1. The second-order valence-corrected chi connectivity index (χ2v) is 4.56. The summed E-state index contributed by atoms with van der Waals surface area (Å²) in [5.41, 5.74) is 0.262. The van der Waals surface area contributed by atoms with Gasteiger partial charge in [-0.3, -0.25) is 9.69 Å². The average Bonchev–Trinajstić information content (AvgIpc) is 2.28. The molecular formula is C13H15F4NO2. The summed E-state index contributed by atoms with van der Waals surface area (Å²) in [6.07, 6.45) is -4.49. The Bertz CT molecular complexity index is 462. The smallest absolute Gasteiger partial charge is 0.401 e. The van der Waals surface area contributed by atoms with Gasteiger partial charge in [-0.2, -0.15) is 13.2 Å². The number of hydrogen-bond donors (Lipinski definition) is 1. The SMILES string of the molecule is CC(Cc1ccccc1F)N(CC(=O)O)CC(F)(F)F. The first kappa shape index (κ1) is 16.4. The summed E-state index contributed by atoms with van der Waals surface area (Å²) in [5, 5.41) is 8.67. The van der Waals surface area contributed by atoms with Gasteiger partial charge in [-0.05, 0) is 25.0 Å². The molecule has 1 aromatic carbocycles. The van der Waals surface area contributed by atoms with E-state index >= 15 is 0 Å². The van der Waals surface area contributed by atoms with Crippen molar-refractivity contribution in [2.45, 2.75) is 25.6 Å². The molecule has 0 aliphatic rings. The quantitative estimate of drug-likeness (QED) is 0.820. The van der Waals surface area contributed by atoms with E-state index < -0.39 is 37.1 Å². The van der Waals surface area contributed by atoms with Crippen LogP contribution in [0.2, 0.25) is 0 Å². The van der Waals surface area contributed by atoms with Crippen LogP contribution in [0.4, 0.5) is 17.6 Å². The Hall–Kier alpha value is -1.63. The number of carboxylic acids is 1. The lowest BCUT2D eigenvalue weighted by Gasteiger charge is -2.28. The predicted molar refractivity (Wildman–Crippen MR) is 64.8 cm³/mol. The molecule has 0 saturated heterocycles. The summed E-state index contributed by atoms with van der Waals surface area (Å²) in [4.78, 5) is 11.4. The number of hydrogen-bond acceptors (Lipinski definition) is 2. The Morgan fingerprint density at radius 2 is 1.95 bits per heavy atom. The van der Waals surface area contributed by atoms with Crippen LogP contribution in [0.15, 0.2) is 24.3 Å². The van der Waals surface area contributed by atoms with E-state index in [1.54, 1.807) is 6.07 Å².